The zero-order valence-corrected chi connectivity index (χ0v) is 17.7. The first-order chi connectivity index (χ1) is 11.3. The van der Waals surface area contributed by atoms with Gasteiger partial charge in [-0.1, -0.05) is 51.4 Å². The Morgan fingerprint density at radius 1 is 0.792 bits per heavy atom. The van der Waals surface area contributed by atoms with Gasteiger partial charge in [0.05, 0.1) is 27.7 Å². The maximum atomic E-state index is 11.6. The van der Waals surface area contributed by atoms with Crippen molar-refractivity contribution in [3.05, 3.63) is 0 Å². The minimum atomic E-state index is -4.12. The maximum absolute atomic E-state index is 11.6. The van der Waals surface area contributed by atoms with Crippen LogP contribution in [0.4, 0.5) is 0 Å². The van der Waals surface area contributed by atoms with Crippen molar-refractivity contribution >= 4 is 20.5 Å². The number of nitrogens with zero attached hydrogens (tertiary/aromatic N) is 1. The highest BCUT2D eigenvalue weighted by atomic mass is 32.1. The SMILES string of the molecule is C[N+](C)(C)CCOP(=O)([O-])OCCCCCCCCCCCCS. The molecule has 0 radical (unpaired) electrons. The summed E-state index contributed by atoms with van der Waals surface area (Å²) in [6.45, 7) is 1.03. The number of hydrogen-bond donors (Lipinski definition) is 1. The van der Waals surface area contributed by atoms with Gasteiger partial charge in [0.25, 0.3) is 7.82 Å². The van der Waals surface area contributed by atoms with Crippen molar-refractivity contribution in [3.8, 4) is 0 Å². The van der Waals surface area contributed by atoms with Gasteiger partial charge in [-0.2, -0.15) is 12.6 Å². The maximum Gasteiger partial charge on any atom is 0.268 e. The lowest BCUT2D eigenvalue weighted by Crippen LogP contribution is -2.37. The van der Waals surface area contributed by atoms with E-state index in [1.807, 2.05) is 21.1 Å². The molecule has 0 spiro atoms. The van der Waals surface area contributed by atoms with Crippen molar-refractivity contribution in [1.82, 2.24) is 0 Å². The molecule has 0 aliphatic carbocycles. The zero-order valence-electron chi connectivity index (χ0n) is 15.9. The first kappa shape index (κ1) is 24.4. The van der Waals surface area contributed by atoms with E-state index in [0.29, 0.717) is 11.0 Å². The molecule has 0 saturated heterocycles. The van der Waals surface area contributed by atoms with Gasteiger partial charge in [-0.25, -0.2) is 0 Å². The number of rotatable bonds is 17. The summed E-state index contributed by atoms with van der Waals surface area (Å²) in [6.07, 6.45) is 11.9. The van der Waals surface area contributed by atoms with Crippen LogP contribution in [0.5, 0.6) is 0 Å². The molecule has 0 aromatic heterocycles. The standard InChI is InChI=1S/C17H38NO4PS/c1-18(2,3)14-16-22-23(19,20)21-15-12-10-8-6-4-5-7-9-11-13-17-24/h4-17H2,1-3H3,(H-,19,20,24). The van der Waals surface area contributed by atoms with Crippen molar-refractivity contribution in [2.24, 2.45) is 0 Å². The molecule has 1 atom stereocenters. The molecule has 0 aliphatic rings. The zero-order chi connectivity index (χ0) is 18.3. The molecule has 24 heavy (non-hydrogen) atoms. The molecule has 0 aliphatic heterocycles. The highest BCUT2D eigenvalue weighted by Gasteiger charge is 2.12. The van der Waals surface area contributed by atoms with Crippen LogP contribution in [0.25, 0.3) is 0 Å². The van der Waals surface area contributed by atoms with E-state index in [1.54, 1.807) is 0 Å². The van der Waals surface area contributed by atoms with E-state index >= 15 is 0 Å². The summed E-state index contributed by atoms with van der Waals surface area (Å²) >= 11 is 4.21. The van der Waals surface area contributed by atoms with Crippen LogP contribution >= 0.6 is 20.5 Å². The predicted molar refractivity (Wildman–Crippen MR) is 102 cm³/mol. The van der Waals surface area contributed by atoms with Crippen LogP contribution in [0.3, 0.4) is 0 Å². The Hall–Kier alpha value is 0.420. The molecule has 0 fully saturated rings. The third kappa shape index (κ3) is 18.8. The average Bonchev–Trinajstić information content (AvgIpc) is 2.46. The van der Waals surface area contributed by atoms with Crippen molar-refractivity contribution in [3.63, 3.8) is 0 Å². The molecule has 0 aromatic rings. The normalized spacial score (nSPS) is 14.7. The Balaban J connectivity index is 3.38. The molecule has 1 unspecified atom stereocenters. The first-order valence-corrected chi connectivity index (χ1v) is 11.4. The topological polar surface area (TPSA) is 58.6 Å². The molecule has 7 heteroatoms. The number of phosphoric acid groups is 1. The summed E-state index contributed by atoms with van der Waals surface area (Å²) in [6, 6.07) is 0. The Labute approximate surface area is 154 Å². The van der Waals surface area contributed by atoms with E-state index in [0.717, 1.165) is 25.0 Å². The number of likely N-dealkylation sites (N-methyl/N-ethyl adjacent to an activating group) is 1. The predicted octanol–water partition coefficient (Wildman–Crippen LogP) is 4.03. The summed E-state index contributed by atoms with van der Waals surface area (Å²) in [5.41, 5.74) is 0. The molecule has 0 heterocycles. The van der Waals surface area contributed by atoms with Crippen LogP contribution in [0, 0.1) is 0 Å². The number of hydrogen-bond acceptors (Lipinski definition) is 5. The fourth-order valence-corrected chi connectivity index (χ4v) is 3.22. The largest absolute Gasteiger partial charge is 0.756 e. The molecule has 0 bridgehead atoms. The molecule has 0 rings (SSSR count). The van der Waals surface area contributed by atoms with E-state index in [1.165, 1.54) is 44.9 Å². The van der Waals surface area contributed by atoms with Crippen LogP contribution in [0.15, 0.2) is 0 Å². The summed E-state index contributed by atoms with van der Waals surface area (Å²) in [5, 5.41) is 0. The molecular formula is C17H38NO4PS. The van der Waals surface area contributed by atoms with Gasteiger partial charge in [-0.3, -0.25) is 4.57 Å². The molecular weight excluding hydrogens is 345 g/mol. The van der Waals surface area contributed by atoms with E-state index in [4.69, 9.17) is 9.05 Å². The Morgan fingerprint density at radius 2 is 1.21 bits per heavy atom. The lowest BCUT2D eigenvalue weighted by Gasteiger charge is -2.27. The lowest BCUT2D eigenvalue weighted by atomic mass is 10.1. The minimum absolute atomic E-state index is 0.165. The van der Waals surface area contributed by atoms with Crippen molar-refractivity contribution < 1.29 is 23.0 Å². The smallest absolute Gasteiger partial charge is 0.268 e. The fourth-order valence-electron chi connectivity index (χ4n) is 2.27. The highest BCUT2D eigenvalue weighted by molar-refractivity contribution is 7.80. The second-order valence-electron chi connectivity index (χ2n) is 7.39. The molecule has 0 saturated carbocycles. The lowest BCUT2D eigenvalue weighted by molar-refractivity contribution is -0.870. The van der Waals surface area contributed by atoms with Gasteiger partial charge in [0, 0.05) is 0 Å². The van der Waals surface area contributed by atoms with Gasteiger partial charge in [0.1, 0.15) is 13.2 Å². The molecule has 0 N–H and O–H groups in total. The fraction of sp³-hybridized carbons (Fsp3) is 1.00. The van der Waals surface area contributed by atoms with Gasteiger partial charge in [0.2, 0.25) is 0 Å². The first-order valence-electron chi connectivity index (χ1n) is 9.28. The summed E-state index contributed by atoms with van der Waals surface area (Å²) < 4.78 is 22.0. The van der Waals surface area contributed by atoms with E-state index in [-0.39, 0.29) is 13.2 Å². The minimum Gasteiger partial charge on any atom is -0.756 e. The van der Waals surface area contributed by atoms with Crippen LogP contribution in [0.1, 0.15) is 64.2 Å². The monoisotopic (exact) mass is 383 g/mol. The average molecular weight is 384 g/mol. The van der Waals surface area contributed by atoms with E-state index in [9.17, 15) is 9.46 Å². The van der Waals surface area contributed by atoms with Crippen LogP contribution in [0.2, 0.25) is 0 Å². The van der Waals surface area contributed by atoms with Gasteiger partial charge in [0.15, 0.2) is 0 Å². The van der Waals surface area contributed by atoms with Crippen molar-refractivity contribution in [1.29, 1.82) is 0 Å². The molecule has 0 aromatic carbocycles. The Morgan fingerprint density at radius 3 is 1.67 bits per heavy atom. The third-order valence-electron chi connectivity index (χ3n) is 3.81. The number of thiol groups is 1. The number of quaternary nitrogens is 1. The Bertz CT molecular complexity index is 337. The molecule has 146 valence electrons. The second kappa shape index (κ2) is 14.6. The van der Waals surface area contributed by atoms with Gasteiger partial charge < -0.3 is 18.4 Å². The summed E-state index contributed by atoms with van der Waals surface area (Å²) in [4.78, 5) is 11.6. The summed E-state index contributed by atoms with van der Waals surface area (Å²) in [7, 11) is 1.84. The number of unbranched alkanes of at least 4 members (excludes halogenated alkanes) is 9. The third-order valence-corrected chi connectivity index (χ3v) is 5.13. The Kier molecular flexibility index (Phi) is 14.8. The second-order valence-corrected chi connectivity index (χ2v) is 9.24. The van der Waals surface area contributed by atoms with Crippen LogP contribution < -0.4 is 4.89 Å². The van der Waals surface area contributed by atoms with Crippen LogP contribution in [-0.4, -0.2) is 51.1 Å². The van der Waals surface area contributed by atoms with Gasteiger partial charge in [-0.05, 0) is 18.6 Å². The number of phosphoric ester groups is 1. The van der Waals surface area contributed by atoms with E-state index in [2.05, 4.69) is 12.6 Å². The van der Waals surface area contributed by atoms with Gasteiger partial charge in [-0.15, -0.1) is 0 Å². The van der Waals surface area contributed by atoms with Crippen molar-refractivity contribution in [2.45, 2.75) is 64.2 Å². The van der Waals surface area contributed by atoms with Crippen LogP contribution in [-0.2, 0) is 13.6 Å². The highest BCUT2D eigenvalue weighted by Crippen LogP contribution is 2.38. The van der Waals surface area contributed by atoms with E-state index < -0.39 is 7.82 Å². The molecule has 5 nitrogen and oxygen atoms in total. The molecule has 0 amide bonds. The quantitative estimate of drug-likeness (QED) is 0.178. The summed E-state index contributed by atoms with van der Waals surface area (Å²) in [5.74, 6) is 0.999. The van der Waals surface area contributed by atoms with Gasteiger partial charge >= 0.3 is 0 Å². The van der Waals surface area contributed by atoms with Crippen molar-refractivity contribution in [2.75, 3.05) is 46.7 Å².